The van der Waals surface area contributed by atoms with E-state index in [1.54, 1.807) is 0 Å². The highest BCUT2D eigenvalue weighted by Crippen LogP contribution is 2.28. The van der Waals surface area contributed by atoms with E-state index in [1.165, 1.54) is 12.1 Å². The molecule has 1 aromatic rings. The second-order valence-electron chi connectivity index (χ2n) is 4.90. The van der Waals surface area contributed by atoms with Gasteiger partial charge in [0.2, 0.25) is 0 Å². The molecule has 0 spiro atoms. The van der Waals surface area contributed by atoms with Gasteiger partial charge in [-0.3, -0.25) is 4.90 Å². The van der Waals surface area contributed by atoms with Crippen LogP contribution in [0.15, 0.2) is 22.7 Å². The number of benzene rings is 1. The molecule has 18 heavy (non-hydrogen) atoms. The number of rotatable bonds is 6. The molecule has 1 unspecified atom stereocenters. The van der Waals surface area contributed by atoms with Crippen LogP contribution in [0.25, 0.3) is 0 Å². The molecule has 0 saturated carbocycles. The van der Waals surface area contributed by atoms with Crippen LogP contribution in [0.3, 0.4) is 0 Å². The van der Waals surface area contributed by atoms with Crippen molar-refractivity contribution in [3.05, 3.63) is 34.1 Å². The van der Waals surface area contributed by atoms with Gasteiger partial charge in [0.05, 0.1) is 0 Å². The second kappa shape index (κ2) is 7.22. The Bertz CT molecular complexity index is 382. The van der Waals surface area contributed by atoms with E-state index in [0.29, 0.717) is 12.5 Å². The maximum absolute atomic E-state index is 13.1. The topological polar surface area (TPSA) is 29.3 Å². The molecule has 0 aliphatic heterocycles. The molecular formula is C14H22BrFN2. The zero-order chi connectivity index (χ0) is 13.7. The summed E-state index contributed by atoms with van der Waals surface area (Å²) in [6.07, 6.45) is 0. The standard InChI is InChI=1S/C14H22BrFN2/c1-4-18(9-10(2)3)14(8-17)12-6-5-11(16)7-13(12)15/h5-7,10,14H,4,8-9,17H2,1-3H3. The van der Waals surface area contributed by atoms with Crippen molar-refractivity contribution in [1.29, 1.82) is 0 Å². The molecule has 1 rings (SSSR count). The second-order valence-corrected chi connectivity index (χ2v) is 5.75. The fourth-order valence-electron chi connectivity index (χ4n) is 2.19. The molecule has 1 aromatic carbocycles. The third-order valence-electron chi connectivity index (χ3n) is 2.99. The van der Waals surface area contributed by atoms with Crippen molar-refractivity contribution in [3.8, 4) is 0 Å². The Kier molecular flexibility index (Phi) is 6.26. The van der Waals surface area contributed by atoms with Crippen LogP contribution in [-0.2, 0) is 0 Å². The first-order chi connectivity index (χ1) is 8.49. The van der Waals surface area contributed by atoms with Crippen LogP contribution in [0.5, 0.6) is 0 Å². The summed E-state index contributed by atoms with van der Waals surface area (Å²) in [5, 5.41) is 0. The first-order valence-corrected chi connectivity index (χ1v) is 7.17. The number of likely N-dealkylation sites (N-methyl/N-ethyl adjacent to an activating group) is 1. The quantitative estimate of drug-likeness (QED) is 0.869. The van der Waals surface area contributed by atoms with Crippen LogP contribution >= 0.6 is 15.9 Å². The predicted octanol–water partition coefficient (Wildman–Crippen LogP) is 3.57. The van der Waals surface area contributed by atoms with Crippen molar-refractivity contribution in [2.45, 2.75) is 26.8 Å². The van der Waals surface area contributed by atoms with Gasteiger partial charge in [0.15, 0.2) is 0 Å². The van der Waals surface area contributed by atoms with Crippen molar-refractivity contribution in [2.24, 2.45) is 11.7 Å². The molecule has 0 aromatic heterocycles. The normalized spacial score (nSPS) is 13.3. The third-order valence-corrected chi connectivity index (χ3v) is 3.68. The summed E-state index contributed by atoms with van der Waals surface area (Å²) in [6, 6.07) is 4.94. The van der Waals surface area contributed by atoms with Gasteiger partial charge in [0.25, 0.3) is 0 Å². The van der Waals surface area contributed by atoms with E-state index < -0.39 is 0 Å². The summed E-state index contributed by atoms with van der Waals surface area (Å²) < 4.78 is 13.9. The Morgan fingerprint density at radius 3 is 2.50 bits per heavy atom. The summed E-state index contributed by atoms with van der Waals surface area (Å²) in [5.41, 5.74) is 6.96. The van der Waals surface area contributed by atoms with E-state index in [4.69, 9.17) is 5.73 Å². The average molecular weight is 317 g/mol. The molecule has 0 saturated heterocycles. The van der Waals surface area contributed by atoms with Gasteiger partial charge in [-0.05, 0) is 30.2 Å². The number of hydrogen-bond donors (Lipinski definition) is 1. The SMILES string of the molecule is CCN(CC(C)C)C(CN)c1ccc(F)cc1Br. The number of nitrogens with two attached hydrogens (primary N) is 1. The van der Waals surface area contributed by atoms with E-state index in [9.17, 15) is 4.39 Å². The minimum absolute atomic E-state index is 0.132. The summed E-state index contributed by atoms with van der Waals surface area (Å²) in [6.45, 7) is 8.96. The maximum Gasteiger partial charge on any atom is 0.124 e. The van der Waals surface area contributed by atoms with Crippen molar-refractivity contribution >= 4 is 15.9 Å². The Morgan fingerprint density at radius 2 is 2.06 bits per heavy atom. The van der Waals surface area contributed by atoms with Crippen LogP contribution in [0.1, 0.15) is 32.4 Å². The molecule has 4 heteroatoms. The number of hydrogen-bond acceptors (Lipinski definition) is 2. The van der Waals surface area contributed by atoms with Crippen molar-refractivity contribution in [1.82, 2.24) is 4.90 Å². The first-order valence-electron chi connectivity index (χ1n) is 6.38. The molecule has 1 atom stereocenters. The smallest absolute Gasteiger partial charge is 0.124 e. The molecule has 102 valence electrons. The Morgan fingerprint density at radius 1 is 1.39 bits per heavy atom. The number of nitrogens with zero attached hydrogens (tertiary/aromatic N) is 1. The van der Waals surface area contributed by atoms with Crippen LogP contribution in [0.4, 0.5) is 4.39 Å². The molecule has 0 radical (unpaired) electrons. The average Bonchev–Trinajstić information content (AvgIpc) is 2.30. The maximum atomic E-state index is 13.1. The fourth-order valence-corrected chi connectivity index (χ4v) is 2.81. The van der Waals surface area contributed by atoms with Crippen LogP contribution in [0.2, 0.25) is 0 Å². The van der Waals surface area contributed by atoms with Gasteiger partial charge in [-0.1, -0.05) is 42.8 Å². The van der Waals surface area contributed by atoms with Crippen LogP contribution < -0.4 is 5.73 Å². The first kappa shape index (κ1) is 15.6. The third kappa shape index (κ3) is 4.04. The van der Waals surface area contributed by atoms with Gasteiger partial charge in [-0.2, -0.15) is 0 Å². The van der Waals surface area contributed by atoms with Crippen molar-refractivity contribution in [2.75, 3.05) is 19.6 Å². The lowest BCUT2D eigenvalue weighted by Gasteiger charge is -2.32. The Balaban J connectivity index is 2.99. The van der Waals surface area contributed by atoms with Crippen LogP contribution in [0, 0.1) is 11.7 Å². The zero-order valence-electron chi connectivity index (χ0n) is 11.3. The molecule has 0 heterocycles. The molecule has 2 N–H and O–H groups in total. The predicted molar refractivity (Wildman–Crippen MR) is 78.0 cm³/mol. The van der Waals surface area contributed by atoms with Gasteiger partial charge in [0.1, 0.15) is 5.82 Å². The fraction of sp³-hybridized carbons (Fsp3) is 0.571. The molecule has 0 aliphatic rings. The van der Waals surface area contributed by atoms with Gasteiger partial charge < -0.3 is 5.73 Å². The summed E-state index contributed by atoms with van der Waals surface area (Å²) in [4.78, 5) is 2.34. The van der Waals surface area contributed by atoms with Gasteiger partial charge in [-0.15, -0.1) is 0 Å². The molecule has 0 amide bonds. The number of halogens is 2. The van der Waals surface area contributed by atoms with E-state index in [0.717, 1.165) is 23.1 Å². The lowest BCUT2D eigenvalue weighted by atomic mass is 10.0. The molecular weight excluding hydrogens is 295 g/mol. The summed E-state index contributed by atoms with van der Waals surface area (Å²) in [5.74, 6) is 0.353. The lowest BCUT2D eigenvalue weighted by molar-refractivity contribution is 0.188. The minimum atomic E-state index is -0.228. The van der Waals surface area contributed by atoms with E-state index >= 15 is 0 Å². The molecule has 0 fully saturated rings. The zero-order valence-corrected chi connectivity index (χ0v) is 12.9. The van der Waals surface area contributed by atoms with E-state index in [-0.39, 0.29) is 11.9 Å². The lowest BCUT2D eigenvalue weighted by Crippen LogP contribution is -2.36. The van der Waals surface area contributed by atoms with Gasteiger partial charge in [-0.25, -0.2) is 4.39 Å². The summed E-state index contributed by atoms with van der Waals surface area (Å²) in [7, 11) is 0. The highest BCUT2D eigenvalue weighted by Gasteiger charge is 2.20. The molecule has 2 nitrogen and oxygen atoms in total. The van der Waals surface area contributed by atoms with Gasteiger partial charge in [0, 0.05) is 23.6 Å². The molecule has 0 bridgehead atoms. The highest BCUT2D eigenvalue weighted by atomic mass is 79.9. The Hall–Kier alpha value is -0.450. The monoisotopic (exact) mass is 316 g/mol. The van der Waals surface area contributed by atoms with Crippen LogP contribution in [-0.4, -0.2) is 24.5 Å². The van der Waals surface area contributed by atoms with E-state index in [1.807, 2.05) is 6.07 Å². The summed E-state index contributed by atoms with van der Waals surface area (Å²) >= 11 is 3.43. The van der Waals surface area contributed by atoms with Crippen molar-refractivity contribution < 1.29 is 4.39 Å². The largest absolute Gasteiger partial charge is 0.329 e. The molecule has 0 aliphatic carbocycles. The van der Waals surface area contributed by atoms with Gasteiger partial charge >= 0.3 is 0 Å². The minimum Gasteiger partial charge on any atom is -0.329 e. The Labute approximate surface area is 117 Å². The van der Waals surface area contributed by atoms with E-state index in [2.05, 4.69) is 41.6 Å². The van der Waals surface area contributed by atoms with Crippen molar-refractivity contribution in [3.63, 3.8) is 0 Å². The highest BCUT2D eigenvalue weighted by molar-refractivity contribution is 9.10.